The van der Waals surface area contributed by atoms with Crippen molar-refractivity contribution >= 4 is 22.2 Å². The molecule has 0 N–H and O–H groups in total. The van der Waals surface area contributed by atoms with Crippen LogP contribution in [0, 0.1) is 17.7 Å². The molecule has 72 valence electrons. The fourth-order valence-electron chi connectivity index (χ4n) is 0.944. The van der Waals surface area contributed by atoms with Crippen molar-refractivity contribution in [3.63, 3.8) is 0 Å². The van der Waals surface area contributed by atoms with E-state index in [0.29, 0.717) is 23.8 Å². The molecule has 1 rings (SSSR count). The van der Waals surface area contributed by atoms with Gasteiger partial charge in [0.1, 0.15) is 5.82 Å². The summed E-state index contributed by atoms with van der Waals surface area (Å²) in [7, 11) is 0. The maximum atomic E-state index is 12.8. The molecule has 0 unspecified atom stereocenters. The quantitative estimate of drug-likeness (QED) is 0.451. The van der Waals surface area contributed by atoms with E-state index in [4.69, 9.17) is 0 Å². The van der Waals surface area contributed by atoms with Crippen LogP contribution in [0.2, 0.25) is 0 Å². The maximum absolute atomic E-state index is 12.8. The minimum atomic E-state index is -0.376. The zero-order chi connectivity index (χ0) is 10.4. The highest BCUT2D eigenvalue weighted by molar-refractivity contribution is 9.09. The van der Waals surface area contributed by atoms with E-state index >= 15 is 0 Å². The van der Waals surface area contributed by atoms with Crippen molar-refractivity contribution in [2.75, 3.05) is 5.33 Å². The summed E-state index contributed by atoms with van der Waals surface area (Å²) in [6.07, 6.45) is 1.35. The van der Waals surface area contributed by atoms with Crippen molar-refractivity contribution in [3.05, 3.63) is 35.1 Å². The van der Waals surface area contributed by atoms with E-state index in [1.807, 2.05) is 0 Å². The highest BCUT2D eigenvalue weighted by Gasteiger charge is 1.99. The molecule has 1 nitrogen and oxygen atoms in total. The SMILES string of the molecule is O=Cc1ccc(F)cc1C#CCCBr. The van der Waals surface area contributed by atoms with Crippen LogP contribution in [0.15, 0.2) is 18.2 Å². The summed E-state index contributed by atoms with van der Waals surface area (Å²) in [6, 6.07) is 3.95. The van der Waals surface area contributed by atoms with Gasteiger partial charge in [-0.05, 0) is 18.2 Å². The van der Waals surface area contributed by atoms with E-state index in [2.05, 4.69) is 27.8 Å². The van der Waals surface area contributed by atoms with Gasteiger partial charge in [0.05, 0.1) is 0 Å². The number of carbonyl (C=O) groups is 1. The Balaban J connectivity index is 3.00. The van der Waals surface area contributed by atoms with Crippen molar-refractivity contribution in [2.45, 2.75) is 6.42 Å². The lowest BCUT2D eigenvalue weighted by Gasteiger charge is -1.95. The lowest BCUT2D eigenvalue weighted by atomic mass is 10.1. The van der Waals surface area contributed by atoms with E-state index in [9.17, 15) is 9.18 Å². The first-order valence-electron chi connectivity index (χ1n) is 4.07. The van der Waals surface area contributed by atoms with Crippen LogP contribution in [0.4, 0.5) is 4.39 Å². The van der Waals surface area contributed by atoms with Crippen LogP contribution in [0.5, 0.6) is 0 Å². The number of halogens is 2. The third-order valence-electron chi connectivity index (χ3n) is 1.58. The zero-order valence-corrected chi connectivity index (χ0v) is 8.97. The van der Waals surface area contributed by atoms with Crippen LogP contribution in [0.1, 0.15) is 22.3 Å². The molecule has 0 aliphatic carbocycles. The van der Waals surface area contributed by atoms with Gasteiger partial charge in [-0.2, -0.15) is 0 Å². The lowest BCUT2D eigenvalue weighted by molar-refractivity contribution is 0.112. The van der Waals surface area contributed by atoms with Gasteiger partial charge in [-0.1, -0.05) is 27.8 Å². The number of rotatable bonds is 2. The van der Waals surface area contributed by atoms with Crippen LogP contribution in [0.3, 0.4) is 0 Å². The molecular formula is C11H8BrFO. The summed E-state index contributed by atoms with van der Waals surface area (Å²) in [5.74, 6) is 5.21. The third kappa shape index (κ3) is 2.97. The van der Waals surface area contributed by atoms with Gasteiger partial charge in [-0.25, -0.2) is 4.39 Å². The van der Waals surface area contributed by atoms with Crippen LogP contribution < -0.4 is 0 Å². The van der Waals surface area contributed by atoms with Gasteiger partial charge in [-0.3, -0.25) is 4.79 Å². The average Bonchev–Trinajstić information content (AvgIpc) is 2.19. The Hall–Kier alpha value is -1.14. The Bertz CT molecular complexity index is 390. The third-order valence-corrected chi connectivity index (χ3v) is 1.98. The van der Waals surface area contributed by atoms with Gasteiger partial charge in [0, 0.05) is 22.9 Å². The van der Waals surface area contributed by atoms with Crippen molar-refractivity contribution < 1.29 is 9.18 Å². The molecule has 1 aromatic rings. The predicted octanol–water partition coefficient (Wildman–Crippen LogP) is 2.77. The molecule has 0 aliphatic heterocycles. The number of benzene rings is 1. The molecule has 0 atom stereocenters. The first kappa shape index (κ1) is 10.9. The molecule has 0 saturated carbocycles. The predicted molar refractivity (Wildman–Crippen MR) is 57.1 cm³/mol. The minimum absolute atomic E-state index is 0.376. The molecule has 0 saturated heterocycles. The standard InChI is InChI=1S/C11H8BrFO/c12-6-2-1-3-9-7-11(13)5-4-10(9)8-14/h4-5,7-8H,2,6H2. The second-order valence-corrected chi connectivity index (χ2v) is 3.38. The zero-order valence-electron chi connectivity index (χ0n) is 7.39. The monoisotopic (exact) mass is 254 g/mol. The molecule has 0 amide bonds. The lowest BCUT2D eigenvalue weighted by Crippen LogP contribution is -1.88. The van der Waals surface area contributed by atoms with E-state index in [1.165, 1.54) is 18.2 Å². The highest BCUT2D eigenvalue weighted by atomic mass is 79.9. The molecule has 3 heteroatoms. The Morgan fingerprint density at radius 3 is 2.93 bits per heavy atom. The van der Waals surface area contributed by atoms with E-state index in [0.717, 1.165) is 5.33 Å². The van der Waals surface area contributed by atoms with Crippen molar-refractivity contribution in [1.29, 1.82) is 0 Å². The normalized spacial score (nSPS) is 9.00. The van der Waals surface area contributed by atoms with E-state index in [1.54, 1.807) is 0 Å². The summed E-state index contributed by atoms with van der Waals surface area (Å²) in [5.41, 5.74) is 0.870. The van der Waals surface area contributed by atoms with Gasteiger partial charge < -0.3 is 0 Å². The molecule has 0 spiro atoms. The van der Waals surface area contributed by atoms with Gasteiger partial charge in [0.25, 0.3) is 0 Å². The van der Waals surface area contributed by atoms with Gasteiger partial charge >= 0.3 is 0 Å². The van der Waals surface area contributed by atoms with Gasteiger partial charge in [0.15, 0.2) is 6.29 Å². The molecule has 0 aromatic heterocycles. The molecule has 0 radical (unpaired) electrons. The Kier molecular flexibility index (Phi) is 4.34. The Morgan fingerprint density at radius 1 is 1.50 bits per heavy atom. The summed E-state index contributed by atoms with van der Waals surface area (Å²) >= 11 is 3.23. The van der Waals surface area contributed by atoms with E-state index < -0.39 is 0 Å². The average molecular weight is 255 g/mol. The number of carbonyl (C=O) groups excluding carboxylic acids is 1. The molecule has 0 bridgehead atoms. The summed E-state index contributed by atoms with van der Waals surface area (Å²) in [6.45, 7) is 0. The topological polar surface area (TPSA) is 17.1 Å². The molecule has 0 fully saturated rings. The summed E-state index contributed by atoms with van der Waals surface area (Å²) in [4.78, 5) is 10.6. The number of hydrogen-bond donors (Lipinski definition) is 0. The van der Waals surface area contributed by atoms with Crippen LogP contribution in [-0.2, 0) is 0 Å². The number of alkyl halides is 1. The Labute approximate surface area is 90.4 Å². The fourth-order valence-corrected chi connectivity index (χ4v) is 1.14. The fraction of sp³-hybridized carbons (Fsp3) is 0.182. The maximum Gasteiger partial charge on any atom is 0.151 e. The molecular weight excluding hydrogens is 247 g/mol. The first-order chi connectivity index (χ1) is 6.77. The second-order valence-electron chi connectivity index (χ2n) is 2.59. The molecule has 1 aromatic carbocycles. The van der Waals surface area contributed by atoms with Crippen molar-refractivity contribution in [1.82, 2.24) is 0 Å². The minimum Gasteiger partial charge on any atom is -0.298 e. The van der Waals surface area contributed by atoms with Crippen LogP contribution in [0.25, 0.3) is 0 Å². The van der Waals surface area contributed by atoms with Crippen molar-refractivity contribution in [3.8, 4) is 11.8 Å². The van der Waals surface area contributed by atoms with Gasteiger partial charge in [-0.15, -0.1) is 0 Å². The van der Waals surface area contributed by atoms with E-state index in [-0.39, 0.29) is 5.82 Å². The number of aldehydes is 1. The van der Waals surface area contributed by atoms with Crippen LogP contribution >= 0.6 is 15.9 Å². The first-order valence-corrected chi connectivity index (χ1v) is 5.19. The molecule has 14 heavy (non-hydrogen) atoms. The van der Waals surface area contributed by atoms with Crippen LogP contribution in [-0.4, -0.2) is 11.6 Å². The number of hydrogen-bond acceptors (Lipinski definition) is 1. The molecule has 0 aliphatic rings. The van der Waals surface area contributed by atoms with Crippen molar-refractivity contribution in [2.24, 2.45) is 0 Å². The largest absolute Gasteiger partial charge is 0.298 e. The summed E-state index contributed by atoms with van der Waals surface area (Å²) in [5, 5.41) is 0.770. The van der Waals surface area contributed by atoms with Gasteiger partial charge in [0.2, 0.25) is 0 Å². The summed E-state index contributed by atoms with van der Waals surface area (Å²) < 4.78 is 12.8. The smallest absolute Gasteiger partial charge is 0.151 e. The Morgan fingerprint density at radius 2 is 2.29 bits per heavy atom. The molecule has 0 heterocycles. The highest BCUT2D eigenvalue weighted by Crippen LogP contribution is 2.07. The second kappa shape index (κ2) is 5.56.